The average molecular weight is 396 g/mol. The second kappa shape index (κ2) is 11.3. The number of hydrogen-bond acceptors (Lipinski definition) is 4. The van der Waals surface area contributed by atoms with Gasteiger partial charge in [-0.15, -0.1) is 0 Å². The van der Waals surface area contributed by atoms with Crippen molar-refractivity contribution in [3.63, 3.8) is 0 Å². The Morgan fingerprint density at radius 1 is 0.750 bits per heavy atom. The normalized spacial score (nSPS) is 32.6. The second-order valence-corrected chi connectivity index (χ2v) is 9.28. The van der Waals surface area contributed by atoms with Crippen LogP contribution in [0.25, 0.3) is 0 Å². The van der Waals surface area contributed by atoms with Crippen molar-refractivity contribution in [1.29, 1.82) is 0 Å². The van der Waals surface area contributed by atoms with Crippen molar-refractivity contribution in [2.45, 2.75) is 134 Å². The summed E-state index contributed by atoms with van der Waals surface area (Å²) in [5.41, 5.74) is -0.110. The molecule has 0 bridgehead atoms. The molecule has 164 valence electrons. The first-order valence-corrected chi connectivity index (χ1v) is 12.5. The molecule has 0 aromatic rings. The Hall–Kier alpha value is -0.160. The second-order valence-electron chi connectivity index (χ2n) is 9.28. The molecule has 3 heterocycles. The highest BCUT2D eigenvalue weighted by Gasteiger charge is 2.61. The third-order valence-corrected chi connectivity index (χ3v) is 7.05. The summed E-state index contributed by atoms with van der Waals surface area (Å²) in [4.78, 5) is 2.48. The predicted molar refractivity (Wildman–Crippen MR) is 114 cm³/mol. The lowest BCUT2D eigenvalue weighted by Gasteiger charge is -2.56. The van der Waals surface area contributed by atoms with Gasteiger partial charge in [0, 0.05) is 19.4 Å². The van der Waals surface area contributed by atoms with Crippen LogP contribution in [0.15, 0.2) is 0 Å². The van der Waals surface area contributed by atoms with Gasteiger partial charge in [0.05, 0.1) is 19.3 Å². The molecule has 3 saturated heterocycles. The van der Waals surface area contributed by atoms with Crippen molar-refractivity contribution < 1.29 is 14.2 Å². The van der Waals surface area contributed by atoms with E-state index >= 15 is 0 Å². The summed E-state index contributed by atoms with van der Waals surface area (Å²) in [6, 6.07) is 0. The van der Waals surface area contributed by atoms with Crippen molar-refractivity contribution in [1.82, 2.24) is 4.90 Å². The smallest absolute Gasteiger partial charge is 0.234 e. The molecule has 28 heavy (non-hydrogen) atoms. The average Bonchev–Trinajstić information content (AvgIpc) is 3.03. The molecule has 4 nitrogen and oxygen atoms in total. The van der Waals surface area contributed by atoms with Crippen molar-refractivity contribution in [2.24, 2.45) is 0 Å². The molecule has 0 aromatic heterocycles. The Bertz CT molecular complexity index is 434. The van der Waals surface area contributed by atoms with Gasteiger partial charge in [-0.1, -0.05) is 84.5 Å². The van der Waals surface area contributed by atoms with Crippen LogP contribution < -0.4 is 0 Å². The van der Waals surface area contributed by atoms with Crippen LogP contribution in [0.2, 0.25) is 0 Å². The van der Waals surface area contributed by atoms with E-state index in [1.54, 1.807) is 0 Å². The molecule has 0 N–H and O–H groups in total. The highest BCUT2D eigenvalue weighted by Crippen LogP contribution is 2.49. The molecule has 3 rings (SSSR count). The number of hydrogen-bond donors (Lipinski definition) is 0. The minimum Gasteiger partial charge on any atom is -0.360 e. The Morgan fingerprint density at radius 3 is 1.86 bits per heavy atom. The fraction of sp³-hybridized carbons (Fsp3) is 1.00. The van der Waals surface area contributed by atoms with E-state index in [0.29, 0.717) is 6.10 Å². The van der Waals surface area contributed by atoms with Crippen molar-refractivity contribution in [3.05, 3.63) is 0 Å². The molecule has 4 heteroatoms. The SMILES string of the molecule is CCCCCCCCCCC1(N2CC(CCCCCC)OC23CCO3)CCO1. The predicted octanol–water partition coefficient (Wildman–Crippen LogP) is 6.38. The molecule has 0 saturated carbocycles. The van der Waals surface area contributed by atoms with E-state index in [1.165, 1.54) is 77.0 Å². The van der Waals surface area contributed by atoms with Gasteiger partial charge in [-0.05, 0) is 19.3 Å². The Balaban J connectivity index is 1.43. The lowest BCUT2D eigenvalue weighted by atomic mass is 9.93. The van der Waals surface area contributed by atoms with E-state index in [2.05, 4.69) is 18.7 Å². The number of ether oxygens (including phenoxy) is 3. The van der Waals surface area contributed by atoms with Gasteiger partial charge < -0.3 is 14.2 Å². The first kappa shape index (κ1) is 22.5. The molecule has 0 aromatic carbocycles. The zero-order valence-corrected chi connectivity index (χ0v) is 18.7. The van der Waals surface area contributed by atoms with E-state index < -0.39 is 5.91 Å². The van der Waals surface area contributed by atoms with Crippen molar-refractivity contribution in [3.8, 4) is 0 Å². The third kappa shape index (κ3) is 5.50. The van der Waals surface area contributed by atoms with Gasteiger partial charge in [0.2, 0.25) is 5.91 Å². The van der Waals surface area contributed by atoms with Gasteiger partial charge in [-0.25, -0.2) is 4.90 Å². The highest BCUT2D eigenvalue weighted by atomic mass is 16.8. The molecular formula is C24H45NO3. The van der Waals surface area contributed by atoms with Crippen LogP contribution in [-0.2, 0) is 14.2 Å². The van der Waals surface area contributed by atoms with E-state index in [0.717, 1.165) is 45.4 Å². The molecule has 0 aliphatic carbocycles. The summed E-state index contributed by atoms with van der Waals surface area (Å²) in [5, 5.41) is 0. The molecule has 1 spiro atoms. The van der Waals surface area contributed by atoms with Gasteiger partial charge in [-0.2, -0.15) is 0 Å². The maximum absolute atomic E-state index is 6.47. The molecule has 3 atom stereocenters. The molecular weight excluding hydrogens is 350 g/mol. The van der Waals surface area contributed by atoms with Gasteiger partial charge in [0.15, 0.2) is 0 Å². The summed E-state index contributed by atoms with van der Waals surface area (Å²) >= 11 is 0. The fourth-order valence-electron chi connectivity index (χ4n) is 5.13. The van der Waals surface area contributed by atoms with E-state index in [4.69, 9.17) is 14.2 Å². The van der Waals surface area contributed by atoms with Crippen LogP contribution in [0.1, 0.15) is 117 Å². The van der Waals surface area contributed by atoms with Gasteiger partial charge in [0.25, 0.3) is 0 Å². The Kier molecular flexibility index (Phi) is 9.08. The van der Waals surface area contributed by atoms with E-state index in [-0.39, 0.29) is 5.72 Å². The monoisotopic (exact) mass is 395 g/mol. The Labute approximate surface area is 173 Å². The van der Waals surface area contributed by atoms with Gasteiger partial charge in [0.1, 0.15) is 5.72 Å². The lowest BCUT2D eigenvalue weighted by molar-refractivity contribution is -0.406. The van der Waals surface area contributed by atoms with Crippen LogP contribution in [0.4, 0.5) is 0 Å². The largest absolute Gasteiger partial charge is 0.360 e. The first-order chi connectivity index (χ1) is 13.7. The van der Waals surface area contributed by atoms with Crippen LogP contribution in [0, 0.1) is 0 Å². The van der Waals surface area contributed by atoms with Crippen LogP contribution in [-0.4, -0.2) is 42.4 Å². The fourth-order valence-corrected chi connectivity index (χ4v) is 5.13. The van der Waals surface area contributed by atoms with E-state index in [1.807, 2.05) is 0 Å². The minimum absolute atomic E-state index is 0.110. The van der Waals surface area contributed by atoms with Crippen molar-refractivity contribution >= 4 is 0 Å². The lowest BCUT2D eigenvalue weighted by Crippen LogP contribution is -2.68. The summed E-state index contributed by atoms with van der Waals surface area (Å²) in [6.45, 7) is 7.27. The Morgan fingerprint density at radius 2 is 1.32 bits per heavy atom. The van der Waals surface area contributed by atoms with E-state index in [9.17, 15) is 0 Å². The van der Waals surface area contributed by atoms with Crippen LogP contribution in [0.3, 0.4) is 0 Å². The first-order valence-electron chi connectivity index (χ1n) is 12.5. The zero-order chi connectivity index (χ0) is 19.7. The molecule has 0 radical (unpaired) electrons. The maximum Gasteiger partial charge on any atom is 0.234 e. The van der Waals surface area contributed by atoms with Gasteiger partial charge >= 0.3 is 0 Å². The topological polar surface area (TPSA) is 30.9 Å². The molecule has 3 aliphatic heterocycles. The maximum atomic E-state index is 6.47. The molecule has 3 unspecified atom stereocenters. The van der Waals surface area contributed by atoms with Crippen LogP contribution in [0.5, 0.6) is 0 Å². The summed E-state index contributed by atoms with van der Waals surface area (Å²) in [5.74, 6) is -0.462. The summed E-state index contributed by atoms with van der Waals surface area (Å²) in [7, 11) is 0. The van der Waals surface area contributed by atoms with Gasteiger partial charge in [-0.3, -0.25) is 0 Å². The number of nitrogens with zero attached hydrogens (tertiary/aromatic N) is 1. The summed E-state index contributed by atoms with van der Waals surface area (Å²) < 4.78 is 18.8. The molecule has 3 fully saturated rings. The molecule has 0 amide bonds. The minimum atomic E-state index is -0.462. The number of rotatable bonds is 15. The van der Waals surface area contributed by atoms with Crippen molar-refractivity contribution in [2.75, 3.05) is 19.8 Å². The highest BCUT2D eigenvalue weighted by molar-refractivity contribution is 4.99. The standard InChI is InChI=1S/C24H45NO3/c1-3-5-7-9-10-11-12-14-16-23(17-19-26-23)25-21-22(15-13-8-6-4-2)28-24(25)18-20-27-24/h22H,3-21H2,1-2H3. The number of unbranched alkanes of at least 4 members (excludes halogenated alkanes) is 10. The van der Waals surface area contributed by atoms with Crippen LogP contribution >= 0.6 is 0 Å². The summed E-state index contributed by atoms with van der Waals surface area (Å²) in [6.07, 6.45) is 20.9. The quantitative estimate of drug-likeness (QED) is 0.301. The third-order valence-electron chi connectivity index (χ3n) is 7.05. The zero-order valence-electron chi connectivity index (χ0n) is 18.7. The molecule has 3 aliphatic rings.